The lowest BCUT2D eigenvalue weighted by Gasteiger charge is -2.39. The van der Waals surface area contributed by atoms with Gasteiger partial charge in [0.2, 0.25) is 11.8 Å². The van der Waals surface area contributed by atoms with Gasteiger partial charge >= 0.3 is 5.97 Å². The fourth-order valence-electron chi connectivity index (χ4n) is 3.25. The minimum absolute atomic E-state index is 0.167. The van der Waals surface area contributed by atoms with E-state index < -0.39 is 12.0 Å². The molecule has 1 aliphatic carbocycles. The Labute approximate surface area is 111 Å². The summed E-state index contributed by atoms with van der Waals surface area (Å²) >= 11 is 0. The fraction of sp³-hybridized carbons (Fsp3) is 0.769. The Kier molecular flexibility index (Phi) is 3.89. The van der Waals surface area contributed by atoms with E-state index in [-0.39, 0.29) is 36.7 Å². The number of rotatable bonds is 4. The number of carboxylic acids is 1. The molecule has 0 aromatic carbocycles. The van der Waals surface area contributed by atoms with Crippen molar-refractivity contribution in [2.24, 2.45) is 5.41 Å². The minimum atomic E-state index is -1.20. The third-order valence-electron chi connectivity index (χ3n) is 4.18. The molecule has 0 aromatic rings. The Bertz CT molecular complexity index is 380. The van der Waals surface area contributed by atoms with Crippen LogP contribution in [-0.2, 0) is 19.1 Å². The van der Waals surface area contributed by atoms with Crippen LogP contribution in [0.5, 0.6) is 0 Å². The Hall–Kier alpha value is -1.43. The van der Waals surface area contributed by atoms with E-state index in [4.69, 9.17) is 9.84 Å². The molecule has 1 aliphatic heterocycles. The first-order valence-corrected chi connectivity index (χ1v) is 6.56. The Morgan fingerprint density at radius 2 is 1.84 bits per heavy atom. The molecule has 1 N–H and O–H groups in total. The first-order valence-electron chi connectivity index (χ1n) is 6.56. The first-order chi connectivity index (χ1) is 8.99. The van der Waals surface area contributed by atoms with Gasteiger partial charge in [-0.05, 0) is 18.3 Å². The van der Waals surface area contributed by atoms with Crippen LogP contribution < -0.4 is 0 Å². The highest BCUT2D eigenvalue weighted by Gasteiger charge is 2.48. The van der Waals surface area contributed by atoms with Gasteiger partial charge in [0.25, 0.3) is 0 Å². The van der Waals surface area contributed by atoms with Crippen molar-refractivity contribution in [2.45, 2.75) is 44.6 Å². The van der Waals surface area contributed by atoms with Crippen LogP contribution in [0, 0.1) is 5.41 Å². The normalized spacial score (nSPS) is 23.9. The number of imide groups is 1. The van der Waals surface area contributed by atoms with E-state index in [0.717, 1.165) is 30.6 Å². The quantitative estimate of drug-likeness (QED) is 0.763. The minimum Gasteiger partial charge on any atom is -0.480 e. The van der Waals surface area contributed by atoms with Crippen LogP contribution >= 0.6 is 0 Å². The molecule has 1 spiro atoms. The number of carbonyl (C=O) groups excluding carboxylic acids is 2. The van der Waals surface area contributed by atoms with E-state index in [0.29, 0.717) is 0 Å². The average Bonchev–Trinajstić information content (AvgIpc) is 2.74. The summed E-state index contributed by atoms with van der Waals surface area (Å²) in [6.07, 6.45) is 4.43. The maximum Gasteiger partial charge on any atom is 0.329 e. The molecular formula is C13H19NO5. The van der Waals surface area contributed by atoms with Gasteiger partial charge < -0.3 is 9.84 Å². The number of hydrogen-bond acceptors (Lipinski definition) is 4. The zero-order valence-electron chi connectivity index (χ0n) is 11.1. The Balaban J connectivity index is 2.17. The SMILES string of the molecule is COCC(C(=O)O)N1C(=O)CC2(CCCC2)CC1=O. The maximum atomic E-state index is 12.2. The predicted molar refractivity (Wildman–Crippen MR) is 65.3 cm³/mol. The van der Waals surface area contributed by atoms with Crippen molar-refractivity contribution < 1.29 is 24.2 Å². The van der Waals surface area contributed by atoms with E-state index in [1.54, 1.807) is 0 Å². The summed E-state index contributed by atoms with van der Waals surface area (Å²) in [6, 6.07) is -1.20. The molecule has 1 saturated carbocycles. The Morgan fingerprint density at radius 3 is 2.26 bits per heavy atom. The zero-order chi connectivity index (χ0) is 14.0. The van der Waals surface area contributed by atoms with Crippen LogP contribution in [-0.4, -0.2) is 47.5 Å². The van der Waals surface area contributed by atoms with Gasteiger partial charge in [-0.2, -0.15) is 0 Å². The van der Waals surface area contributed by atoms with Gasteiger partial charge in [0.15, 0.2) is 6.04 Å². The van der Waals surface area contributed by atoms with E-state index in [2.05, 4.69) is 0 Å². The molecular weight excluding hydrogens is 250 g/mol. The summed E-state index contributed by atoms with van der Waals surface area (Å²) in [5, 5.41) is 9.12. The summed E-state index contributed by atoms with van der Waals surface area (Å²) in [4.78, 5) is 36.4. The number of likely N-dealkylation sites (tertiary alicyclic amines) is 1. The van der Waals surface area contributed by atoms with Gasteiger partial charge in [-0.1, -0.05) is 12.8 Å². The van der Waals surface area contributed by atoms with Crippen molar-refractivity contribution in [3.05, 3.63) is 0 Å². The molecule has 6 heteroatoms. The standard InChI is InChI=1S/C13H19NO5/c1-19-8-9(12(17)18)14-10(15)6-13(7-11(14)16)4-2-3-5-13/h9H,2-8H2,1H3,(H,17,18). The van der Waals surface area contributed by atoms with Crippen LogP contribution in [0.2, 0.25) is 0 Å². The number of hydrogen-bond donors (Lipinski definition) is 1. The largest absolute Gasteiger partial charge is 0.480 e. The van der Waals surface area contributed by atoms with Crippen molar-refractivity contribution in [3.8, 4) is 0 Å². The monoisotopic (exact) mass is 269 g/mol. The highest BCUT2D eigenvalue weighted by atomic mass is 16.5. The molecule has 1 atom stereocenters. The molecule has 106 valence electrons. The fourth-order valence-corrected chi connectivity index (χ4v) is 3.25. The number of nitrogens with zero attached hydrogens (tertiary/aromatic N) is 1. The van der Waals surface area contributed by atoms with Gasteiger partial charge in [0, 0.05) is 20.0 Å². The lowest BCUT2D eigenvalue weighted by molar-refractivity contribution is -0.166. The molecule has 19 heavy (non-hydrogen) atoms. The summed E-state index contributed by atoms with van der Waals surface area (Å²) in [5.41, 5.74) is -0.208. The van der Waals surface area contributed by atoms with E-state index in [1.165, 1.54) is 7.11 Å². The first kappa shape index (κ1) is 14.0. The molecule has 2 aliphatic rings. The van der Waals surface area contributed by atoms with Crippen LogP contribution in [0.15, 0.2) is 0 Å². The maximum absolute atomic E-state index is 12.2. The number of carbonyl (C=O) groups is 3. The lowest BCUT2D eigenvalue weighted by atomic mass is 9.76. The van der Waals surface area contributed by atoms with Gasteiger partial charge in [0.1, 0.15) is 0 Å². The predicted octanol–water partition coefficient (Wildman–Crippen LogP) is 0.795. The number of carboxylic acid groups (broad SMARTS) is 1. The van der Waals surface area contributed by atoms with Crippen LogP contribution in [0.1, 0.15) is 38.5 Å². The molecule has 1 heterocycles. The third kappa shape index (κ3) is 2.63. The van der Waals surface area contributed by atoms with Crippen molar-refractivity contribution in [1.82, 2.24) is 4.90 Å². The van der Waals surface area contributed by atoms with Crippen LogP contribution in [0.25, 0.3) is 0 Å². The molecule has 0 bridgehead atoms. The second-order valence-electron chi connectivity index (χ2n) is 5.53. The number of aliphatic carboxylic acids is 1. The smallest absolute Gasteiger partial charge is 0.329 e. The molecule has 2 amide bonds. The summed E-state index contributed by atoms with van der Waals surface area (Å²) < 4.78 is 4.81. The van der Waals surface area contributed by atoms with Crippen LogP contribution in [0.4, 0.5) is 0 Å². The van der Waals surface area contributed by atoms with Gasteiger partial charge in [-0.15, -0.1) is 0 Å². The second-order valence-corrected chi connectivity index (χ2v) is 5.53. The molecule has 0 radical (unpaired) electrons. The summed E-state index contributed by atoms with van der Waals surface area (Å²) in [7, 11) is 1.35. The molecule has 1 saturated heterocycles. The number of piperidine rings is 1. The van der Waals surface area contributed by atoms with Crippen LogP contribution in [0.3, 0.4) is 0 Å². The Morgan fingerprint density at radius 1 is 1.32 bits per heavy atom. The van der Waals surface area contributed by atoms with Gasteiger partial charge in [-0.3, -0.25) is 14.5 Å². The average molecular weight is 269 g/mol. The highest BCUT2D eigenvalue weighted by molar-refractivity contribution is 6.02. The molecule has 2 rings (SSSR count). The van der Waals surface area contributed by atoms with E-state index >= 15 is 0 Å². The summed E-state index contributed by atoms with van der Waals surface area (Å²) in [6.45, 7) is -0.167. The van der Waals surface area contributed by atoms with Gasteiger partial charge in [-0.25, -0.2) is 4.79 Å². The summed E-state index contributed by atoms with van der Waals surface area (Å²) in [5.74, 6) is -1.95. The third-order valence-corrected chi connectivity index (χ3v) is 4.18. The van der Waals surface area contributed by atoms with Gasteiger partial charge in [0.05, 0.1) is 6.61 Å². The lowest BCUT2D eigenvalue weighted by Crippen LogP contribution is -2.55. The van der Waals surface area contributed by atoms with E-state index in [9.17, 15) is 14.4 Å². The topological polar surface area (TPSA) is 83.9 Å². The number of methoxy groups -OCH3 is 1. The molecule has 6 nitrogen and oxygen atoms in total. The molecule has 0 aromatic heterocycles. The number of ether oxygens (including phenoxy) is 1. The van der Waals surface area contributed by atoms with Crippen molar-refractivity contribution >= 4 is 17.8 Å². The molecule has 2 fully saturated rings. The highest BCUT2D eigenvalue weighted by Crippen LogP contribution is 2.47. The van der Waals surface area contributed by atoms with Crippen molar-refractivity contribution in [3.63, 3.8) is 0 Å². The van der Waals surface area contributed by atoms with Crippen molar-refractivity contribution in [1.29, 1.82) is 0 Å². The zero-order valence-corrected chi connectivity index (χ0v) is 11.1. The van der Waals surface area contributed by atoms with E-state index in [1.807, 2.05) is 0 Å². The van der Waals surface area contributed by atoms with Crippen molar-refractivity contribution in [2.75, 3.05) is 13.7 Å². The number of amides is 2. The second kappa shape index (κ2) is 5.28. The molecule has 1 unspecified atom stereocenters.